The number of benzene rings is 2. The van der Waals surface area contributed by atoms with E-state index in [1.165, 1.54) is 12.8 Å². The molecular formula is C25H31N3O4. The second-order valence-electron chi connectivity index (χ2n) is 8.96. The minimum atomic E-state index is -0.677. The van der Waals surface area contributed by atoms with Crippen LogP contribution in [0, 0.1) is 0 Å². The van der Waals surface area contributed by atoms with Gasteiger partial charge in [-0.05, 0) is 60.2 Å². The lowest BCUT2D eigenvalue weighted by Crippen LogP contribution is -2.32. The van der Waals surface area contributed by atoms with E-state index in [-0.39, 0.29) is 17.9 Å². The number of nitrogens with one attached hydrogen (secondary N) is 2. The van der Waals surface area contributed by atoms with Gasteiger partial charge >= 0.3 is 5.97 Å². The molecule has 0 bridgehead atoms. The van der Waals surface area contributed by atoms with Crippen LogP contribution < -0.4 is 15.5 Å². The fraction of sp³-hybridized carbons (Fsp3) is 0.400. The van der Waals surface area contributed by atoms with E-state index in [0.29, 0.717) is 11.3 Å². The third-order valence-corrected chi connectivity index (χ3v) is 5.39. The van der Waals surface area contributed by atoms with E-state index in [1.807, 2.05) is 36.4 Å². The van der Waals surface area contributed by atoms with Gasteiger partial charge in [0, 0.05) is 30.0 Å². The van der Waals surface area contributed by atoms with Gasteiger partial charge in [-0.1, -0.05) is 32.9 Å². The Kier molecular flexibility index (Phi) is 7.51. The summed E-state index contributed by atoms with van der Waals surface area (Å²) in [7, 11) is 0. The summed E-state index contributed by atoms with van der Waals surface area (Å²) in [4.78, 5) is 38.5. The maximum atomic E-state index is 12.2. The van der Waals surface area contributed by atoms with E-state index in [9.17, 15) is 14.4 Å². The zero-order valence-corrected chi connectivity index (χ0v) is 18.9. The molecule has 0 saturated carbocycles. The highest BCUT2D eigenvalue weighted by molar-refractivity contribution is 5.96. The third kappa shape index (κ3) is 6.57. The van der Waals surface area contributed by atoms with Crippen LogP contribution in [-0.2, 0) is 19.7 Å². The minimum Gasteiger partial charge on any atom is -0.454 e. The Morgan fingerprint density at radius 2 is 1.56 bits per heavy atom. The van der Waals surface area contributed by atoms with Gasteiger partial charge in [-0.3, -0.25) is 14.4 Å². The Morgan fingerprint density at radius 1 is 0.938 bits per heavy atom. The van der Waals surface area contributed by atoms with Gasteiger partial charge < -0.3 is 20.3 Å². The van der Waals surface area contributed by atoms with Crippen LogP contribution in [0.1, 0.15) is 49.5 Å². The largest absolute Gasteiger partial charge is 0.454 e. The molecule has 1 heterocycles. The first-order chi connectivity index (χ1) is 15.2. The van der Waals surface area contributed by atoms with Crippen molar-refractivity contribution in [3.05, 3.63) is 59.7 Å². The molecular weight excluding hydrogens is 406 g/mol. The first-order valence-corrected chi connectivity index (χ1v) is 10.9. The van der Waals surface area contributed by atoms with E-state index < -0.39 is 18.5 Å². The Bertz CT molecular complexity index is 941. The van der Waals surface area contributed by atoms with Crippen LogP contribution in [-0.4, -0.2) is 44.0 Å². The lowest BCUT2D eigenvalue weighted by atomic mass is 9.87. The second-order valence-corrected chi connectivity index (χ2v) is 8.96. The maximum Gasteiger partial charge on any atom is 0.325 e. The maximum absolute atomic E-state index is 12.2. The van der Waals surface area contributed by atoms with Gasteiger partial charge in [0.25, 0.3) is 11.8 Å². The molecule has 2 N–H and O–H groups in total. The number of ether oxygens (including phenoxy) is 1. The van der Waals surface area contributed by atoms with Crippen molar-refractivity contribution in [3.8, 4) is 0 Å². The quantitative estimate of drug-likeness (QED) is 0.648. The van der Waals surface area contributed by atoms with Crippen molar-refractivity contribution in [1.29, 1.82) is 0 Å². The van der Waals surface area contributed by atoms with Gasteiger partial charge in [0.2, 0.25) is 0 Å². The molecule has 0 aromatic heterocycles. The van der Waals surface area contributed by atoms with Crippen LogP contribution in [0.25, 0.3) is 0 Å². The van der Waals surface area contributed by atoms with Gasteiger partial charge in [-0.15, -0.1) is 0 Å². The highest BCUT2D eigenvalue weighted by atomic mass is 16.5. The first kappa shape index (κ1) is 23.3. The number of anilines is 2. The average Bonchev–Trinajstić information content (AvgIpc) is 3.31. The fourth-order valence-corrected chi connectivity index (χ4v) is 3.50. The molecule has 2 aromatic carbocycles. The van der Waals surface area contributed by atoms with Gasteiger partial charge in [0.05, 0.1) is 0 Å². The average molecular weight is 438 g/mol. The lowest BCUT2D eigenvalue weighted by molar-refractivity contribution is -0.146. The molecule has 0 spiro atoms. The van der Waals surface area contributed by atoms with E-state index in [4.69, 9.17) is 4.74 Å². The Labute approximate surface area is 189 Å². The second kappa shape index (κ2) is 10.3. The summed E-state index contributed by atoms with van der Waals surface area (Å²) < 4.78 is 4.96. The number of amides is 2. The molecule has 1 saturated heterocycles. The van der Waals surface area contributed by atoms with Crippen molar-refractivity contribution < 1.29 is 19.1 Å². The zero-order valence-electron chi connectivity index (χ0n) is 18.9. The monoisotopic (exact) mass is 437 g/mol. The molecule has 1 aliphatic rings. The molecule has 7 nitrogen and oxygen atoms in total. The Hall–Kier alpha value is -3.35. The molecule has 3 rings (SSSR count). The van der Waals surface area contributed by atoms with Crippen molar-refractivity contribution in [2.75, 3.05) is 36.5 Å². The van der Waals surface area contributed by atoms with Crippen molar-refractivity contribution in [3.63, 3.8) is 0 Å². The normalized spacial score (nSPS) is 13.5. The van der Waals surface area contributed by atoms with Crippen molar-refractivity contribution in [2.45, 2.75) is 39.0 Å². The predicted molar refractivity (Wildman–Crippen MR) is 125 cm³/mol. The van der Waals surface area contributed by atoms with Crippen LogP contribution in [0.3, 0.4) is 0 Å². The summed E-state index contributed by atoms with van der Waals surface area (Å²) in [5.74, 6) is -1.48. The van der Waals surface area contributed by atoms with Gasteiger partial charge in [0.1, 0.15) is 6.54 Å². The minimum absolute atomic E-state index is 0.00465. The summed E-state index contributed by atoms with van der Waals surface area (Å²) in [5.41, 5.74) is 3.35. The van der Waals surface area contributed by atoms with Gasteiger partial charge in [-0.25, -0.2) is 0 Å². The van der Waals surface area contributed by atoms with E-state index in [1.54, 1.807) is 12.1 Å². The number of esters is 1. The number of carbonyl (C=O) groups excluding carboxylic acids is 3. The number of carbonyl (C=O) groups is 3. The van der Waals surface area contributed by atoms with Gasteiger partial charge in [0.15, 0.2) is 6.61 Å². The van der Waals surface area contributed by atoms with Crippen LogP contribution in [0.2, 0.25) is 0 Å². The molecule has 1 fully saturated rings. The summed E-state index contributed by atoms with van der Waals surface area (Å²) in [5, 5.41) is 5.21. The molecule has 0 aliphatic carbocycles. The highest BCUT2D eigenvalue weighted by Crippen LogP contribution is 2.23. The van der Waals surface area contributed by atoms with Crippen LogP contribution >= 0.6 is 0 Å². The van der Waals surface area contributed by atoms with E-state index in [2.05, 4.69) is 36.3 Å². The van der Waals surface area contributed by atoms with Crippen molar-refractivity contribution in [1.82, 2.24) is 5.32 Å². The number of rotatable bonds is 7. The van der Waals surface area contributed by atoms with Gasteiger partial charge in [-0.2, -0.15) is 0 Å². The molecule has 2 amide bonds. The predicted octanol–water partition coefficient (Wildman–Crippen LogP) is 3.50. The molecule has 0 radical (unpaired) electrons. The number of nitrogens with zero attached hydrogens (tertiary/aromatic N) is 1. The third-order valence-electron chi connectivity index (χ3n) is 5.39. The summed E-state index contributed by atoms with van der Waals surface area (Å²) >= 11 is 0. The molecule has 170 valence electrons. The van der Waals surface area contributed by atoms with Crippen LogP contribution in [0.15, 0.2) is 48.5 Å². The fourth-order valence-electron chi connectivity index (χ4n) is 3.50. The summed E-state index contributed by atoms with van der Waals surface area (Å²) in [6, 6.07) is 14.8. The molecule has 32 heavy (non-hydrogen) atoms. The standard InChI is InChI=1S/C25H31N3O4/c1-25(2,3)19-8-6-18(7-9-19)24(31)26-16-23(30)32-17-22(29)27-20-10-12-21(13-11-20)28-14-4-5-15-28/h6-13H,4-5,14-17H2,1-3H3,(H,26,31)(H,27,29). The lowest BCUT2D eigenvalue weighted by Gasteiger charge is -2.19. The molecule has 0 unspecified atom stereocenters. The van der Waals surface area contributed by atoms with E-state index >= 15 is 0 Å². The first-order valence-electron chi connectivity index (χ1n) is 10.9. The van der Waals surface area contributed by atoms with Crippen LogP contribution in [0.4, 0.5) is 11.4 Å². The van der Waals surface area contributed by atoms with E-state index in [0.717, 1.165) is 24.3 Å². The number of hydrogen-bond acceptors (Lipinski definition) is 5. The highest BCUT2D eigenvalue weighted by Gasteiger charge is 2.16. The topological polar surface area (TPSA) is 87.7 Å². The molecule has 7 heteroatoms. The molecule has 1 aliphatic heterocycles. The zero-order chi connectivity index (χ0) is 23.1. The summed E-state index contributed by atoms with van der Waals surface area (Å²) in [6.45, 7) is 7.68. The van der Waals surface area contributed by atoms with Crippen molar-refractivity contribution >= 4 is 29.2 Å². The Balaban J connectivity index is 1.38. The Morgan fingerprint density at radius 3 is 2.16 bits per heavy atom. The SMILES string of the molecule is CC(C)(C)c1ccc(C(=O)NCC(=O)OCC(=O)Nc2ccc(N3CCCC3)cc2)cc1. The molecule has 0 atom stereocenters. The summed E-state index contributed by atoms with van der Waals surface area (Å²) in [6.07, 6.45) is 2.40. The smallest absolute Gasteiger partial charge is 0.325 e. The van der Waals surface area contributed by atoms with Crippen molar-refractivity contribution in [2.24, 2.45) is 0 Å². The number of hydrogen-bond donors (Lipinski definition) is 2. The molecule has 2 aromatic rings. The van der Waals surface area contributed by atoms with Crippen LogP contribution in [0.5, 0.6) is 0 Å².